The molecule has 0 aliphatic carbocycles. The van der Waals surface area contributed by atoms with Gasteiger partial charge in [-0.1, -0.05) is 34.1 Å². The first-order chi connectivity index (χ1) is 9.59. The second-order valence-electron chi connectivity index (χ2n) is 5.32. The molecule has 0 radical (unpaired) electrons. The maximum absolute atomic E-state index is 13.3. The molecule has 0 unspecified atom stereocenters. The molecule has 0 spiro atoms. The van der Waals surface area contributed by atoms with Crippen molar-refractivity contribution in [2.75, 3.05) is 13.1 Å². The molecule has 1 fully saturated rings. The van der Waals surface area contributed by atoms with Crippen LogP contribution in [0.1, 0.15) is 11.1 Å². The summed E-state index contributed by atoms with van der Waals surface area (Å²) >= 11 is 6.74. The standard InChI is InChI=1S/C16H14Br2FN/c17-13-4-2-12(3-5-13)16(9-20-10-16)8-11-1-6-15(19)14(18)7-11/h1-7,20H,8-10H2. The monoisotopic (exact) mass is 397 g/mol. The van der Waals surface area contributed by atoms with E-state index >= 15 is 0 Å². The summed E-state index contributed by atoms with van der Waals surface area (Å²) in [6.07, 6.45) is 0.917. The Bertz CT molecular complexity index is 621. The van der Waals surface area contributed by atoms with Crippen LogP contribution in [0.2, 0.25) is 0 Å². The van der Waals surface area contributed by atoms with Gasteiger partial charge in [0.1, 0.15) is 5.82 Å². The first-order valence-electron chi connectivity index (χ1n) is 6.50. The van der Waals surface area contributed by atoms with Crippen LogP contribution in [0.4, 0.5) is 4.39 Å². The van der Waals surface area contributed by atoms with Crippen molar-refractivity contribution < 1.29 is 4.39 Å². The van der Waals surface area contributed by atoms with Gasteiger partial charge in [-0.15, -0.1) is 0 Å². The van der Waals surface area contributed by atoms with Crippen molar-refractivity contribution in [3.63, 3.8) is 0 Å². The van der Waals surface area contributed by atoms with E-state index in [0.29, 0.717) is 4.47 Å². The lowest BCUT2D eigenvalue weighted by molar-refractivity contribution is 0.274. The van der Waals surface area contributed by atoms with Crippen molar-refractivity contribution in [1.29, 1.82) is 0 Å². The normalized spacial score (nSPS) is 16.8. The van der Waals surface area contributed by atoms with E-state index in [-0.39, 0.29) is 11.2 Å². The molecule has 0 aromatic heterocycles. The average molecular weight is 399 g/mol. The van der Waals surface area contributed by atoms with Crippen LogP contribution < -0.4 is 5.32 Å². The van der Waals surface area contributed by atoms with Gasteiger partial charge in [0, 0.05) is 23.0 Å². The van der Waals surface area contributed by atoms with E-state index in [1.54, 1.807) is 0 Å². The van der Waals surface area contributed by atoms with Crippen molar-refractivity contribution >= 4 is 31.9 Å². The van der Waals surface area contributed by atoms with Gasteiger partial charge in [-0.3, -0.25) is 0 Å². The lowest BCUT2D eigenvalue weighted by Gasteiger charge is -2.43. The van der Waals surface area contributed by atoms with Crippen molar-refractivity contribution in [2.45, 2.75) is 11.8 Å². The number of benzene rings is 2. The second kappa shape index (κ2) is 5.58. The van der Waals surface area contributed by atoms with Crippen LogP contribution in [0.15, 0.2) is 51.4 Å². The van der Waals surface area contributed by atoms with Gasteiger partial charge < -0.3 is 5.32 Å². The maximum Gasteiger partial charge on any atom is 0.137 e. The Labute approximate surface area is 134 Å². The second-order valence-corrected chi connectivity index (χ2v) is 7.09. The van der Waals surface area contributed by atoms with Crippen LogP contribution in [0, 0.1) is 5.82 Å². The van der Waals surface area contributed by atoms with E-state index in [2.05, 4.69) is 61.4 Å². The molecule has 0 saturated carbocycles. The molecule has 1 aliphatic heterocycles. The van der Waals surface area contributed by atoms with E-state index in [1.165, 1.54) is 11.6 Å². The summed E-state index contributed by atoms with van der Waals surface area (Å²) in [5, 5.41) is 3.36. The third-order valence-electron chi connectivity index (χ3n) is 3.91. The van der Waals surface area contributed by atoms with Crippen molar-refractivity contribution in [2.24, 2.45) is 0 Å². The van der Waals surface area contributed by atoms with E-state index < -0.39 is 0 Å². The minimum absolute atomic E-state index is 0.123. The molecule has 0 atom stereocenters. The maximum atomic E-state index is 13.3. The van der Waals surface area contributed by atoms with Crippen LogP contribution in [0.25, 0.3) is 0 Å². The van der Waals surface area contributed by atoms with Gasteiger partial charge in [0.2, 0.25) is 0 Å². The number of hydrogen-bond donors (Lipinski definition) is 1. The Morgan fingerprint density at radius 1 is 1.05 bits per heavy atom. The Hall–Kier alpha value is -0.710. The molecule has 3 rings (SSSR count). The van der Waals surface area contributed by atoms with Crippen molar-refractivity contribution in [3.05, 3.63) is 68.4 Å². The molecule has 4 heteroatoms. The fraction of sp³-hybridized carbons (Fsp3) is 0.250. The van der Waals surface area contributed by atoms with Crippen molar-refractivity contribution in [1.82, 2.24) is 5.32 Å². The molecule has 1 saturated heterocycles. The Kier molecular flexibility index (Phi) is 3.98. The van der Waals surface area contributed by atoms with Gasteiger partial charge in [0.15, 0.2) is 0 Å². The molecule has 0 bridgehead atoms. The smallest absolute Gasteiger partial charge is 0.137 e. The highest BCUT2D eigenvalue weighted by Gasteiger charge is 2.38. The molecule has 20 heavy (non-hydrogen) atoms. The molecule has 1 aliphatic rings. The molecule has 1 heterocycles. The van der Waals surface area contributed by atoms with Crippen LogP contribution in [0.5, 0.6) is 0 Å². The summed E-state index contributed by atoms with van der Waals surface area (Å²) in [6, 6.07) is 13.8. The van der Waals surface area contributed by atoms with E-state index in [9.17, 15) is 4.39 Å². The fourth-order valence-electron chi connectivity index (χ4n) is 2.70. The first-order valence-corrected chi connectivity index (χ1v) is 8.08. The predicted molar refractivity (Wildman–Crippen MR) is 86.5 cm³/mol. The Balaban J connectivity index is 1.89. The van der Waals surface area contributed by atoms with Crippen LogP contribution in [-0.2, 0) is 11.8 Å². The molecule has 1 N–H and O–H groups in total. The number of rotatable bonds is 3. The Morgan fingerprint density at radius 2 is 1.75 bits per heavy atom. The van der Waals surface area contributed by atoms with Gasteiger partial charge in [-0.2, -0.15) is 0 Å². The molecular formula is C16H14Br2FN. The zero-order valence-electron chi connectivity index (χ0n) is 10.8. The highest BCUT2D eigenvalue weighted by Crippen LogP contribution is 2.34. The van der Waals surface area contributed by atoms with Gasteiger partial charge in [0.05, 0.1) is 4.47 Å². The molecule has 2 aromatic carbocycles. The summed E-state index contributed by atoms with van der Waals surface area (Å²) in [6.45, 7) is 1.92. The quantitative estimate of drug-likeness (QED) is 0.806. The van der Waals surface area contributed by atoms with E-state index in [0.717, 1.165) is 29.5 Å². The fourth-order valence-corrected chi connectivity index (χ4v) is 3.39. The molecule has 1 nitrogen and oxygen atoms in total. The number of nitrogens with one attached hydrogen (secondary N) is 1. The van der Waals surface area contributed by atoms with Gasteiger partial charge in [-0.05, 0) is 57.7 Å². The highest BCUT2D eigenvalue weighted by molar-refractivity contribution is 9.10. The predicted octanol–water partition coefficient (Wildman–Crippen LogP) is 4.43. The zero-order valence-corrected chi connectivity index (χ0v) is 14.0. The van der Waals surface area contributed by atoms with Crippen molar-refractivity contribution in [3.8, 4) is 0 Å². The lowest BCUT2D eigenvalue weighted by Crippen LogP contribution is -2.58. The van der Waals surface area contributed by atoms with E-state index in [4.69, 9.17) is 0 Å². The van der Waals surface area contributed by atoms with Crippen LogP contribution in [0.3, 0.4) is 0 Å². The summed E-state index contributed by atoms with van der Waals surface area (Å²) < 4.78 is 15.0. The van der Waals surface area contributed by atoms with E-state index in [1.807, 2.05) is 12.1 Å². The molecular weight excluding hydrogens is 385 g/mol. The SMILES string of the molecule is Fc1ccc(CC2(c3ccc(Br)cc3)CNC2)cc1Br. The molecule has 0 amide bonds. The summed E-state index contributed by atoms with van der Waals surface area (Å²) in [7, 11) is 0. The van der Waals surface area contributed by atoms with Crippen LogP contribution in [-0.4, -0.2) is 13.1 Å². The van der Waals surface area contributed by atoms with Gasteiger partial charge in [-0.25, -0.2) is 4.39 Å². The summed E-state index contributed by atoms with van der Waals surface area (Å²) in [5.74, 6) is -0.210. The summed E-state index contributed by atoms with van der Waals surface area (Å²) in [4.78, 5) is 0. The third kappa shape index (κ3) is 2.69. The average Bonchev–Trinajstić information content (AvgIpc) is 2.39. The third-order valence-corrected chi connectivity index (χ3v) is 5.05. The number of halogens is 3. The van der Waals surface area contributed by atoms with Gasteiger partial charge in [0.25, 0.3) is 0 Å². The van der Waals surface area contributed by atoms with Gasteiger partial charge >= 0.3 is 0 Å². The molecule has 104 valence electrons. The largest absolute Gasteiger partial charge is 0.315 e. The topological polar surface area (TPSA) is 12.0 Å². The minimum atomic E-state index is -0.210. The number of hydrogen-bond acceptors (Lipinski definition) is 1. The Morgan fingerprint density at radius 3 is 2.30 bits per heavy atom. The first kappa shape index (κ1) is 14.2. The highest BCUT2D eigenvalue weighted by atomic mass is 79.9. The van der Waals surface area contributed by atoms with Crippen LogP contribution >= 0.6 is 31.9 Å². The molecule has 2 aromatic rings. The zero-order chi connectivity index (χ0) is 14.2. The minimum Gasteiger partial charge on any atom is -0.315 e. The summed E-state index contributed by atoms with van der Waals surface area (Å²) in [5.41, 5.74) is 2.61. The lowest BCUT2D eigenvalue weighted by atomic mass is 9.71.